The molecule has 8 heteroatoms. The molecule has 3 heterocycles. The fraction of sp³-hybridized carbons (Fsp3) is 0.188. The zero-order valence-electron chi connectivity index (χ0n) is 13.4. The second-order valence-corrected chi connectivity index (χ2v) is 5.98. The Labute approximate surface area is 142 Å². The van der Waals surface area contributed by atoms with Crippen molar-refractivity contribution in [3.8, 4) is 16.3 Å². The first-order chi connectivity index (χ1) is 11.6. The van der Waals surface area contributed by atoms with Crippen molar-refractivity contribution < 1.29 is 9.53 Å². The second kappa shape index (κ2) is 6.71. The molecule has 0 spiro atoms. The van der Waals surface area contributed by atoms with E-state index in [1.165, 1.54) is 7.11 Å². The largest absolute Gasteiger partial charge is 0.472 e. The minimum Gasteiger partial charge on any atom is -0.472 e. The van der Waals surface area contributed by atoms with Gasteiger partial charge in [-0.3, -0.25) is 20.1 Å². The summed E-state index contributed by atoms with van der Waals surface area (Å²) in [6, 6.07) is 5.65. The lowest BCUT2D eigenvalue weighted by molar-refractivity contribution is 0.102. The summed E-state index contributed by atoms with van der Waals surface area (Å²) in [6.45, 7) is 3.79. The summed E-state index contributed by atoms with van der Waals surface area (Å²) >= 11 is 1.15. The van der Waals surface area contributed by atoms with Crippen LogP contribution in [0, 0.1) is 13.8 Å². The van der Waals surface area contributed by atoms with E-state index in [9.17, 15) is 4.79 Å². The van der Waals surface area contributed by atoms with E-state index < -0.39 is 0 Å². The molecule has 3 aromatic heterocycles. The first kappa shape index (κ1) is 16.0. The monoisotopic (exact) mass is 341 g/mol. The van der Waals surface area contributed by atoms with Crippen LogP contribution in [0.1, 0.15) is 21.7 Å². The SMILES string of the molecule is COc1nnc(NC(=O)c2cnc(C)cc2-c2cccnc2C)s1. The highest BCUT2D eigenvalue weighted by Crippen LogP contribution is 2.28. The maximum absolute atomic E-state index is 12.7. The van der Waals surface area contributed by atoms with Crippen LogP contribution in [0.4, 0.5) is 5.13 Å². The van der Waals surface area contributed by atoms with Gasteiger partial charge in [-0.15, -0.1) is 5.10 Å². The van der Waals surface area contributed by atoms with Crippen molar-refractivity contribution in [3.05, 3.63) is 47.5 Å². The number of methoxy groups -OCH3 is 1. The van der Waals surface area contributed by atoms with E-state index in [-0.39, 0.29) is 5.91 Å². The Morgan fingerprint density at radius 1 is 1.21 bits per heavy atom. The highest BCUT2D eigenvalue weighted by molar-refractivity contribution is 7.17. The number of hydrogen-bond donors (Lipinski definition) is 1. The molecule has 0 bridgehead atoms. The van der Waals surface area contributed by atoms with Gasteiger partial charge >= 0.3 is 0 Å². The van der Waals surface area contributed by atoms with E-state index in [4.69, 9.17) is 4.74 Å². The maximum Gasteiger partial charge on any atom is 0.295 e. The number of aryl methyl sites for hydroxylation is 2. The Hall–Kier alpha value is -2.87. The fourth-order valence-corrected chi connectivity index (χ4v) is 2.80. The van der Waals surface area contributed by atoms with Gasteiger partial charge in [-0.1, -0.05) is 11.2 Å². The molecule has 0 aromatic carbocycles. The van der Waals surface area contributed by atoms with Crippen molar-refractivity contribution in [1.29, 1.82) is 0 Å². The molecule has 1 amide bonds. The van der Waals surface area contributed by atoms with Gasteiger partial charge in [0.15, 0.2) is 0 Å². The van der Waals surface area contributed by atoms with Crippen LogP contribution in [-0.2, 0) is 0 Å². The van der Waals surface area contributed by atoms with Gasteiger partial charge in [-0.05, 0) is 42.9 Å². The Morgan fingerprint density at radius 2 is 2.04 bits per heavy atom. The zero-order chi connectivity index (χ0) is 17.1. The van der Waals surface area contributed by atoms with Gasteiger partial charge in [-0.2, -0.15) is 0 Å². The summed E-state index contributed by atoms with van der Waals surface area (Å²) in [4.78, 5) is 21.2. The molecule has 0 aliphatic carbocycles. The summed E-state index contributed by atoms with van der Waals surface area (Å²) in [5.74, 6) is -0.306. The van der Waals surface area contributed by atoms with E-state index >= 15 is 0 Å². The molecule has 0 radical (unpaired) electrons. The van der Waals surface area contributed by atoms with Gasteiger partial charge in [0.1, 0.15) is 0 Å². The topological polar surface area (TPSA) is 89.9 Å². The first-order valence-electron chi connectivity index (χ1n) is 7.16. The summed E-state index contributed by atoms with van der Waals surface area (Å²) < 4.78 is 4.98. The lowest BCUT2D eigenvalue weighted by atomic mass is 9.99. The predicted molar refractivity (Wildman–Crippen MR) is 91.4 cm³/mol. The molecule has 0 aliphatic heterocycles. The number of aromatic nitrogens is 4. The van der Waals surface area contributed by atoms with Gasteiger partial charge < -0.3 is 4.74 Å². The van der Waals surface area contributed by atoms with E-state index in [1.54, 1.807) is 12.4 Å². The molecular weight excluding hydrogens is 326 g/mol. The Bertz CT molecular complexity index is 894. The molecule has 0 fully saturated rings. The van der Waals surface area contributed by atoms with Gasteiger partial charge in [-0.25, -0.2) is 0 Å². The number of nitrogens with one attached hydrogen (secondary N) is 1. The fourth-order valence-electron chi connectivity index (χ4n) is 2.24. The van der Waals surface area contributed by atoms with Crippen molar-refractivity contribution in [2.75, 3.05) is 12.4 Å². The summed E-state index contributed by atoms with van der Waals surface area (Å²) in [6.07, 6.45) is 3.28. The number of pyridine rings is 2. The maximum atomic E-state index is 12.7. The smallest absolute Gasteiger partial charge is 0.295 e. The van der Waals surface area contributed by atoms with Gasteiger partial charge in [0.05, 0.1) is 12.7 Å². The minimum absolute atomic E-state index is 0.306. The van der Waals surface area contributed by atoms with E-state index in [0.29, 0.717) is 15.9 Å². The van der Waals surface area contributed by atoms with Crippen molar-refractivity contribution in [3.63, 3.8) is 0 Å². The van der Waals surface area contributed by atoms with Gasteiger partial charge in [0.25, 0.3) is 11.1 Å². The van der Waals surface area contributed by atoms with E-state index in [2.05, 4.69) is 25.5 Å². The molecule has 0 atom stereocenters. The number of nitrogens with zero attached hydrogens (tertiary/aromatic N) is 4. The molecule has 3 aromatic rings. The van der Waals surface area contributed by atoms with Gasteiger partial charge in [0.2, 0.25) is 5.13 Å². The van der Waals surface area contributed by atoms with Crippen molar-refractivity contribution in [1.82, 2.24) is 20.2 Å². The summed E-state index contributed by atoms with van der Waals surface area (Å²) in [5, 5.41) is 11.1. The molecule has 122 valence electrons. The van der Waals surface area contributed by atoms with Crippen LogP contribution >= 0.6 is 11.3 Å². The number of rotatable bonds is 4. The van der Waals surface area contributed by atoms with Crippen molar-refractivity contribution in [2.24, 2.45) is 0 Å². The zero-order valence-corrected chi connectivity index (χ0v) is 14.2. The lowest BCUT2D eigenvalue weighted by Gasteiger charge is -2.11. The standard InChI is InChI=1S/C16H15N5O2S/c1-9-7-12(11-5-4-6-17-10(11)2)13(8-18-9)14(22)19-15-20-21-16(23-3)24-15/h4-8H,1-3H3,(H,19,20,22). The first-order valence-corrected chi connectivity index (χ1v) is 7.97. The third kappa shape index (κ3) is 3.23. The Kier molecular flexibility index (Phi) is 4.48. The molecule has 7 nitrogen and oxygen atoms in total. The second-order valence-electron chi connectivity index (χ2n) is 5.04. The van der Waals surface area contributed by atoms with Crippen LogP contribution in [0.15, 0.2) is 30.6 Å². The molecule has 3 rings (SSSR count). The summed E-state index contributed by atoms with van der Waals surface area (Å²) in [5.41, 5.74) is 3.79. The average molecular weight is 341 g/mol. The van der Waals surface area contributed by atoms with Crippen LogP contribution < -0.4 is 10.1 Å². The van der Waals surface area contributed by atoms with Gasteiger partial charge in [0, 0.05) is 29.3 Å². The molecule has 0 aliphatic rings. The number of hydrogen-bond acceptors (Lipinski definition) is 7. The Balaban J connectivity index is 1.98. The molecule has 0 unspecified atom stereocenters. The average Bonchev–Trinajstić information content (AvgIpc) is 3.02. The van der Waals surface area contributed by atoms with Crippen LogP contribution in [0.2, 0.25) is 0 Å². The third-order valence-corrected chi connectivity index (χ3v) is 4.18. The highest BCUT2D eigenvalue weighted by Gasteiger charge is 2.17. The highest BCUT2D eigenvalue weighted by atomic mass is 32.1. The molecule has 0 saturated heterocycles. The van der Waals surface area contributed by atoms with Crippen LogP contribution in [0.25, 0.3) is 11.1 Å². The minimum atomic E-state index is -0.306. The predicted octanol–water partition coefficient (Wildman–Crippen LogP) is 2.87. The van der Waals surface area contributed by atoms with Crippen LogP contribution in [0.5, 0.6) is 5.19 Å². The van der Waals surface area contributed by atoms with Crippen LogP contribution in [-0.4, -0.2) is 33.2 Å². The molecule has 0 saturated carbocycles. The number of ether oxygens (including phenoxy) is 1. The number of carbonyl (C=O) groups excluding carboxylic acids is 1. The number of anilines is 1. The Morgan fingerprint density at radius 3 is 2.75 bits per heavy atom. The number of carbonyl (C=O) groups is 1. The van der Waals surface area contributed by atoms with Crippen LogP contribution in [0.3, 0.4) is 0 Å². The normalized spacial score (nSPS) is 10.5. The van der Waals surface area contributed by atoms with E-state index in [1.807, 2.05) is 32.0 Å². The lowest BCUT2D eigenvalue weighted by Crippen LogP contribution is -2.14. The van der Waals surface area contributed by atoms with Crippen molar-refractivity contribution in [2.45, 2.75) is 13.8 Å². The van der Waals surface area contributed by atoms with Crippen molar-refractivity contribution >= 4 is 22.4 Å². The van der Waals surface area contributed by atoms with E-state index in [0.717, 1.165) is 33.9 Å². The third-order valence-electron chi connectivity index (χ3n) is 3.38. The molecular formula is C16H15N5O2S. The number of amides is 1. The quantitative estimate of drug-likeness (QED) is 0.785. The molecule has 24 heavy (non-hydrogen) atoms. The molecule has 1 N–H and O–H groups in total. The summed E-state index contributed by atoms with van der Waals surface area (Å²) in [7, 11) is 1.50.